The van der Waals surface area contributed by atoms with Crippen LogP contribution < -0.4 is 11.2 Å². The zero-order valence-corrected chi connectivity index (χ0v) is 19.0. The van der Waals surface area contributed by atoms with Crippen LogP contribution in [0.2, 0.25) is 10.3 Å². The topological polar surface area (TPSA) is 112 Å². The normalized spacial score (nSPS) is 11.5. The predicted molar refractivity (Wildman–Crippen MR) is 121 cm³/mol. The lowest BCUT2D eigenvalue weighted by Crippen LogP contribution is -2.40. The molecule has 168 valence electrons. The number of aryl methyl sites for hydroxylation is 2. The number of nitrogens with one attached hydrogen (secondary N) is 1. The second kappa shape index (κ2) is 9.70. The Kier molecular flexibility index (Phi) is 6.76. The summed E-state index contributed by atoms with van der Waals surface area (Å²) in [6.07, 6.45) is 3.11. The number of halogens is 2. The van der Waals surface area contributed by atoms with Crippen LogP contribution in [0.3, 0.4) is 0 Å². The van der Waals surface area contributed by atoms with Gasteiger partial charge in [-0.2, -0.15) is 9.97 Å². The monoisotopic (exact) mass is 476 g/mol. The first-order valence-electron chi connectivity index (χ1n) is 10.4. The maximum absolute atomic E-state index is 13.0. The second-order valence-corrected chi connectivity index (χ2v) is 8.28. The fourth-order valence-corrected chi connectivity index (χ4v) is 3.92. The van der Waals surface area contributed by atoms with Crippen molar-refractivity contribution >= 4 is 34.4 Å². The van der Waals surface area contributed by atoms with Crippen molar-refractivity contribution in [3.8, 4) is 0 Å². The molecule has 4 aromatic rings. The first-order valence-corrected chi connectivity index (χ1v) is 11.2. The lowest BCUT2D eigenvalue weighted by Gasteiger charge is -2.10. The third kappa shape index (κ3) is 4.78. The molecule has 0 radical (unpaired) electrons. The number of fused-ring (bicyclic) bond motifs is 1. The fraction of sp³-hybridized carbons (Fsp3) is 0.381. The Balaban J connectivity index is 1.48. The van der Waals surface area contributed by atoms with E-state index in [1.165, 1.54) is 9.13 Å². The molecule has 0 bridgehead atoms. The molecule has 32 heavy (non-hydrogen) atoms. The van der Waals surface area contributed by atoms with E-state index in [1.807, 2.05) is 25.1 Å². The van der Waals surface area contributed by atoms with Crippen molar-refractivity contribution in [2.45, 2.75) is 52.1 Å². The third-order valence-electron chi connectivity index (χ3n) is 5.10. The van der Waals surface area contributed by atoms with Crippen molar-refractivity contribution in [1.29, 1.82) is 0 Å². The number of nitrogens with zero attached hydrogens (tertiary/aromatic N) is 5. The Morgan fingerprint density at radius 3 is 2.69 bits per heavy atom. The van der Waals surface area contributed by atoms with Gasteiger partial charge in [0, 0.05) is 31.0 Å². The lowest BCUT2D eigenvalue weighted by atomic mass is 10.1. The van der Waals surface area contributed by atoms with Gasteiger partial charge in [-0.1, -0.05) is 42.2 Å². The van der Waals surface area contributed by atoms with Gasteiger partial charge < -0.3 is 9.51 Å². The molecular weight excluding hydrogens is 455 g/mol. The number of unbranched alkanes of at least 4 members (excludes halogenated alkanes) is 1. The number of aromatic amines is 1. The van der Waals surface area contributed by atoms with Gasteiger partial charge >= 0.3 is 5.69 Å². The summed E-state index contributed by atoms with van der Waals surface area (Å²) in [6.45, 7) is 2.70. The molecule has 3 aromatic heterocycles. The van der Waals surface area contributed by atoms with E-state index in [-0.39, 0.29) is 23.0 Å². The lowest BCUT2D eigenvalue weighted by molar-refractivity contribution is 0.367. The molecule has 0 fully saturated rings. The Hall–Kier alpha value is -2.91. The summed E-state index contributed by atoms with van der Waals surface area (Å²) in [5.41, 5.74) is 0.663. The number of rotatable bonds is 9. The zero-order valence-electron chi connectivity index (χ0n) is 17.5. The van der Waals surface area contributed by atoms with E-state index in [0.29, 0.717) is 42.5 Å². The first-order chi connectivity index (χ1) is 15.5. The van der Waals surface area contributed by atoms with E-state index in [1.54, 1.807) is 6.07 Å². The molecule has 0 spiro atoms. The highest BCUT2D eigenvalue weighted by Gasteiger charge is 2.17. The van der Waals surface area contributed by atoms with E-state index < -0.39 is 11.2 Å². The number of hydrogen-bond donors (Lipinski definition) is 1. The second-order valence-electron chi connectivity index (χ2n) is 7.49. The quantitative estimate of drug-likeness (QED) is 0.369. The van der Waals surface area contributed by atoms with Crippen molar-refractivity contribution < 1.29 is 4.52 Å². The van der Waals surface area contributed by atoms with Gasteiger partial charge in [0.2, 0.25) is 11.2 Å². The largest absolute Gasteiger partial charge is 0.339 e. The van der Waals surface area contributed by atoms with Crippen LogP contribution in [0.25, 0.3) is 11.2 Å². The minimum atomic E-state index is -0.440. The molecule has 11 heteroatoms. The van der Waals surface area contributed by atoms with Crippen LogP contribution in [0.4, 0.5) is 0 Å². The Bertz CT molecular complexity index is 1350. The Morgan fingerprint density at radius 1 is 1.09 bits per heavy atom. The average molecular weight is 477 g/mol. The van der Waals surface area contributed by atoms with E-state index in [4.69, 9.17) is 27.7 Å². The summed E-state index contributed by atoms with van der Waals surface area (Å²) in [4.78, 5) is 37.1. The summed E-state index contributed by atoms with van der Waals surface area (Å²) >= 11 is 12.0. The van der Waals surface area contributed by atoms with Crippen LogP contribution in [-0.2, 0) is 25.9 Å². The number of aromatic nitrogens is 6. The summed E-state index contributed by atoms with van der Waals surface area (Å²) < 4.78 is 8.02. The smallest absolute Gasteiger partial charge is 0.332 e. The standard InChI is InChI=1S/C21H22Cl2N6O3/c1-2-3-9-28-18-17(25-20(23)26-18)19(30)29(21(28)31)10-5-8-16-24-15(27-32-16)12-13-6-4-7-14(22)11-13/h4,6-7,11H,2-3,5,8-10,12H2,1H3,(H,25,26). The molecular formula is C21H22Cl2N6O3. The summed E-state index contributed by atoms with van der Waals surface area (Å²) in [5.74, 6) is 1.00. The van der Waals surface area contributed by atoms with Crippen molar-refractivity contribution in [2.75, 3.05) is 0 Å². The van der Waals surface area contributed by atoms with Gasteiger partial charge in [-0.05, 0) is 42.1 Å². The van der Waals surface area contributed by atoms with E-state index >= 15 is 0 Å². The molecule has 0 saturated heterocycles. The molecule has 0 atom stereocenters. The zero-order chi connectivity index (χ0) is 22.7. The van der Waals surface area contributed by atoms with Crippen LogP contribution in [0.1, 0.15) is 43.5 Å². The highest BCUT2D eigenvalue weighted by atomic mass is 35.5. The van der Waals surface area contributed by atoms with Crippen LogP contribution in [0, 0.1) is 0 Å². The third-order valence-corrected chi connectivity index (χ3v) is 5.52. The maximum Gasteiger partial charge on any atom is 0.332 e. The summed E-state index contributed by atoms with van der Waals surface area (Å²) in [5, 5.41) is 4.73. The van der Waals surface area contributed by atoms with Crippen molar-refractivity contribution in [3.63, 3.8) is 0 Å². The molecule has 0 aliphatic rings. The maximum atomic E-state index is 13.0. The van der Waals surface area contributed by atoms with Crippen molar-refractivity contribution in [2.24, 2.45) is 0 Å². The first kappa shape index (κ1) is 22.3. The van der Waals surface area contributed by atoms with Crippen LogP contribution in [-0.4, -0.2) is 29.2 Å². The molecule has 0 unspecified atom stereocenters. The summed E-state index contributed by atoms with van der Waals surface area (Å²) in [7, 11) is 0. The minimum absolute atomic E-state index is 0.0811. The van der Waals surface area contributed by atoms with Gasteiger partial charge in [0.1, 0.15) is 0 Å². The highest BCUT2D eigenvalue weighted by Crippen LogP contribution is 2.14. The Labute approximate surface area is 193 Å². The molecule has 0 amide bonds. The average Bonchev–Trinajstić information content (AvgIpc) is 3.37. The SMILES string of the molecule is CCCCn1c(=O)n(CCCc2nc(Cc3cccc(Cl)c3)no2)c(=O)c2[nH]c(Cl)nc21. The van der Waals surface area contributed by atoms with Crippen LogP contribution >= 0.6 is 23.2 Å². The highest BCUT2D eigenvalue weighted by molar-refractivity contribution is 6.30. The molecule has 4 rings (SSSR count). The molecule has 0 aliphatic carbocycles. The molecule has 3 heterocycles. The molecule has 1 aromatic carbocycles. The molecule has 0 aliphatic heterocycles. The Morgan fingerprint density at radius 2 is 1.91 bits per heavy atom. The van der Waals surface area contributed by atoms with Gasteiger partial charge in [-0.3, -0.25) is 13.9 Å². The van der Waals surface area contributed by atoms with E-state index in [0.717, 1.165) is 18.4 Å². The number of hydrogen-bond acceptors (Lipinski definition) is 6. The van der Waals surface area contributed by atoms with Gasteiger partial charge in [-0.25, -0.2) is 4.79 Å². The van der Waals surface area contributed by atoms with E-state index in [9.17, 15) is 9.59 Å². The van der Waals surface area contributed by atoms with Gasteiger partial charge in [-0.15, -0.1) is 0 Å². The van der Waals surface area contributed by atoms with Crippen molar-refractivity contribution in [3.05, 3.63) is 72.7 Å². The molecule has 1 N–H and O–H groups in total. The fourth-order valence-electron chi connectivity index (χ4n) is 3.53. The van der Waals surface area contributed by atoms with Gasteiger partial charge in [0.15, 0.2) is 17.0 Å². The number of benzene rings is 1. The van der Waals surface area contributed by atoms with E-state index in [2.05, 4.69) is 20.1 Å². The number of H-pyrrole nitrogens is 1. The minimum Gasteiger partial charge on any atom is -0.339 e. The molecule has 0 saturated carbocycles. The van der Waals surface area contributed by atoms with Gasteiger partial charge in [0.25, 0.3) is 5.56 Å². The molecule has 9 nitrogen and oxygen atoms in total. The summed E-state index contributed by atoms with van der Waals surface area (Å²) in [6, 6.07) is 7.47. The number of imidazole rings is 1. The van der Waals surface area contributed by atoms with Gasteiger partial charge in [0.05, 0.1) is 0 Å². The van der Waals surface area contributed by atoms with Crippen LogP contribution in [0.5, 0.6) is 0 Å². The predicted octanol–water partition coefficient (Wildman–Crippen LogP) is 3.60. The van der Waals surface area contributed by atoms with Crippen molar-refractivity contribution in [1.82, 2.24) is 29.2 Å². The van der Waals surface area contributed by atoms with Crippen LogP contribution in [0.15, 0.2) is 38.4 Å².